The number of likely N-dealkylation sites (tertiary alicyclic amines) is 1. The maximum atomic E-state index is 13.6. The monoisotopic (exact) mass is 700 g/mol. The van der Waals surface area contributed by atoms with E-state index < -0.39 is 0 Å². The Bertz CT molecular complexity index is 2000. The van der Waals surface area contributed by atoms with Gasteiger partial charge in [0.2, 0.25) is 5.91 Å². The number of aromatic nitrogens is 4. The Labute approximate surface area is 293 Å². The highest BCUT2D eigenvalue weighted by Crippen LogP contribution is 2.46. The lowest BCUT2D eigenvalue weighted by atomic mass is 9.95. The van der Waals surface area contributed by atoms with Gasteiger partial charge in [0.05, 0.1) is 28.7 Å². The smallest absolute Gasteiger partial charge is 0.236 e. The zero-order valence-electron chi connectivity index (χ0n) is 27.4. The molecular formula is C36H38ClFN8O2S. The number of benzene rings is 2. The lowest BCUT2D eigenvalue weighted by Gasteiger charge is -2.36. The first-order valence-corrected chi connectivity index (χ1v) is 18.0. The number of aryl methyl sites for hydroxylation is 2. The third-order valence-electron chi connectivity index (χ3n) is 9.88. The molecular weight excluding hydrogens is 663 g/mol. The molecule has 1 amide bonds. The van der Waals surface area contributed by atoms with Crippen LogP contribution >= 0.6 is 22.9 Å². The van der Waals surface area contributed by atoms with Gasteiger partial charge in [-0.15, -0.1) is 11.3 Å². The Balaban J connectivity index is 0.950. The van der Waals surface area contributed by atoms with Crippen LogP contribution in [0.2, 0.25) is 5.02 Å². The number of rotatable bonds is 8. The van der Waals surface area contributed by atoms with E-state index in [-0.39, 0.29) is 24.4 Å². The lowest BCUT2D eigenvalue weighted by Crippen LogP contribution is -2.50. The summed E-state index contributed by atoms with van der Waals surface area (Å²) in [5.74, 6) is 1.20. The van der Waals surface area contributed by atoms with Crippen LogP contribution in [0.5, 0.6) is 5.75 Å². The Kier molecular flexibility index (Phi) is 8.96. The van der Waals surface area contributed by atoms with Crippen LogP contribution in [0.4, 0.5) is 15.9 Å². The van der Waals surface area contributed by atoms with Gasteiger partial charge in [0, 0.05) is 61.6 Å². The maximum absolute atomic E-state index is 13.6. The highest BCUT2D eigenvalue weighted by atomic mass is 35.5. The number of halogens is 2. The summed E-state index contributed by atoms with van der Waals surface area (Å²) in [5.41, 5.74) is 5.04. The average Bonchev–Trinajstić information content (AvgIpc) is 3.72. The van der Waals surface area contributed by atoms with Crippen molar-refractivity contribution in [3.8, 4) is 16.2 Å². The first-order chi connectivity index (χ1) is 23.9. The number of ether oxygens (including phenoxy) is 1. The molecule has 49 heavy (non-hydrogen) atoms. The van der Waals surface area contributed by atoms with E-state index in [1.54, 1.807) is 29.8 Å². The van der Waals surface area contributed by atoms with E-state index in [1.807, 2.05) is 23.1 Å². The summed E-state index contributed by atoms with van der Waals surface area (Å²) in [6, 6.07) is 12.1. The predicted molar refractivity (Wildman–Crippen MR) is 190 cm³/mol. The van der Waals surface area contributed by atoms with Crippen LogP contribution in [-0.4, -0.2) is 93.2 Å². The number of fused-ring (bicyclic) bond motifs is 5. The molecule has 0 spiro atoms. The van der Waals surface area contributed by atoms with Gasteiger partial charge in [0.1, 0.15) is 35.1 Å². The van der Waals surface area contributed by atoms with Crippen LogP contribution in [-0.2, 0) is 24.2 Å². The van der Waals surface area contributed by atoms with E-state index in [1.165, 1.54) is 28.1 Å². The van der Waals surface area contributed by atoms with E-state index in [0.29, 0.717) is 17.3 Å². The van der Waals surface area contributed by atoms with E-state index in [4.69, 9.17) is 21.4 Å². The molecule has 2 aromatic carbocycles. The zero-order chi connectivity index (χ0) is 33.5. The first-order valence-electron chi connectivity index (χ1n) is 16.8. The molecule has 254 valence electrons. The van der Waals surface area contributed by atoms with Crippen molar-refractivity contribution in [2.45, 2.75) is 38.3 Å². The van der Waals surface area contributed by atoms with E-state index in [0.717, 1.165) is 97.9 Å². The summed E-state index contributed by atoms with van der Waals surface area (Å²) in [6.07, 6.45) is 7.32. The number of carbonyl (C=O) groups excluding carboxylic acids is 1. The van der Waals surface area contributed by atoms with Crippen molar-refractivity contribution in [2.75, 3.05) is 58.2 Å². The molecule has 2 saturated heterocycles. The van der Waals surface area contributed by atoms with Crippen LogP contribution in [0.3, 0.4) is 0 Å². The van der Waals surface area contributed by atoms with Crippen molar-refractivity contribution < 1.29 is 13.9 Å². The van der Waals surface area contributed by atoms with E-state index in [9.17, 15) is 9.18 Å². The molecule has 3 aliphatic rings. The quantitative estimate of drug-likeness (QED) is 0.205. The van der Waals surface area contributed by atoms with Crippen LogP contribution in [0, 0.1) is 5.82 Å². The minimum absolute atomic E-state index is 0.215. The summed E-state index contributed by atoms with van der Waals surface area (Å²) in [6.45, 7) is 6.22. The normalized spacial score (nSPS) is 17.2. The number of carbonyl (C=O) groups is 1. The molecule has 5 aromatic rings. The Morgan fingerprint density at radius 2 is 1.90 bits per heavy atom. The molecule has 3 aromatic heterocycles. The summed E-state index contributed by atoms with van der Waals surface area (Å²) in [4.78, 5) is 31.1. The molecule has 0 atom stereocenters. The Morgan fingerprint density at radius 3 is 2.69 bits per heavy atom. The topological polar surface area (TPSA) is 91.7 Å². The fourth-order valence-electron chi connectivity index (χ4n) is 7.07. The largest absolute Gasteiger partial charge is 0.487 e. The standard InChI is InChI=1S/C36H38ClFN8O2S/c1-43-13-15-44(16-14-43)20-32(47)45-11-9-26(10-12-45)46-19-28-30(42-46)7-6-27-33-35(39-22-40-36(33)49-34(27)28)41-25-5-8-31(29(37)18-25)48-21-23-3-2-4-24(38)17-23/h2-5,8,17-19,22,26H,6-7,9-16,20-21H2,1H3,(H,39,40,41). The molecule has 1 N–H and O–H groups in total. The number of piperazine rings is 1. The Morgan fingerprint density at radius 1 is 1.06 bits per heavy atom. The van der Waals surface area contributed by atoms with Crippen molar-refractivity contribution in [3.05, 3.63) is 82.6 Å². The van der Waals surface area contributed by atoms with Gasteiger partial charge in [0.25, 0.3) is 0 Å². The van der Waals surface area contributed by atoms with Crippen molar-refractivity contribution in [1.29, 1.82) is 0 Å². The molecule has 2 aliphatic heterocycles. The highest BCUT2D eigenvalue weighted by molar-refractivity contribution is 7.22. The minimum Gasteiger partial charge on any atom is -0.487 e. The van der Waals surface area contributed by atoms with Crippen LogP contribution < -0.4 is 10.1 Å². The number of anilines is 2. The number of hydrogen-bond acceptors (Lipinski definition) is 9. The second kappa shape index (κ2) is 13.7. The van der Waals surface area contributed by atoms with Crippen LogP contribution in [0.15, 0.2) is 55.0 Å². The average molecular weight is 701 g/mol. The van der Waals surface area contributed by atoms with Gasteiger partial charge in [0.15, 0.2) is 0 Å². The van der Waals surface area contributed by atoms with Crippen molar-refractivity contribution in [2.24, 2.45) is 0 Å². The van der Waals surface area contributed by atoms with Crippen LogP contribution in [0.1, 0.15) is 35.7 Å². The number of amides is 1. The summed E-state index contributed by atoms with van der Waals surface area (Å²) >= 11 is 8.28. The van der Waals surface area contributed by atoms with E-state index >= 15 is 0 Å². The highest BCUT2D eigenvalue weighted by Gasteiger charge is 2.30. The number of piperidine rings is 1. The van der Waals surface area contributed by atoms with Crippen molar-refractivity contribution in [1.82, 2.24) is 34.4 Å². The zero-order valence-corrected chi connectivity index (χ0v) is 28.9. The second-order valence-electron chi connectivity index (χ2n) is 13.2. The Hall–Kier alpha value is -4.10. The van der Waals surface area contributed by atoms with Crippen molar-refractivity contribution in [3.63, 3.8) is 0 Å². The van der Waals surface area contributed by atoms with Gasteiger partial charge in [-0.05, 0) is 74.2 Å². The second-order valence-corrected chi connectivity index (χ2v) is 14.6. The van der Waals surface area contributed by atoms with Gasteiger partial charge in [-0.2, -0.15) is 5.10 Å². The summed E-state index contributed by atoms with van der Waals surface area (Å²) in [7, 11) is 2.14. The fourth-order valence-corrected chi connectivity index (χ4v) is 8.53. The molecule has 0 saturated carbocycles. The fraction of sp³-hybridized carbons (Fsp3) is 0.389. The number of thiophene rings is 1. The molecule has 10 nitrogen and oxygen atoms in total. The molecule has 1 aliphatic carbocycles. The van der Waals surface area contributed by atoms with Crippen molar-refractivity contribution >= 4 is 50.6 Å². The summed E-state index contributed by atoms with van der Waals surface area (Å²) < 4.78 is 21.6. The third-order valence-corrected chi connectivity index (χ3v) is 11.3. The summed E-state index contributed by atoms with van der Waals surface area (Å²) in [5, 5.41) is 10.0. The SMILES string of the molecule is CN1CCN(CC(=O)N2CCC(n3cc4c(n3)CCc3c-4sc4ncnc(Nc5ccc(OCc6cccc(F)c6)c(Cl)c5)c34)CC2)CC1. The molecule has 0 radical (unpaired) electrons. The first kappa shape index (κ1) is 32.1. The maximum Gasteiger partial charge on any atom is 0.236 e. The third kappa shape index (κ3) is 6.74. The molecule has 0 unspecified atom stereocenters. The number of likely N-dealkylation sites (N-methyl/N-ethyl adjacent to an activating group) is 1. The van der Waals surface area contributed by atoms with Gasteiger partial charge in [-0.1, -0.05) is 23.7 Å². The van der Waals surface area contributed by atoms with Gasteiger partial charge in [-0.3, -0.25) is 14.4 Å². The molecule has 8 rings (SSSR count). The minimum atomic E-state index is -0.300. The number of hydrogen-bond donors (Lipinski definition) is 1. The van der Waals surface area contributed by atoms with Crippen LogP contribution in [0.25, 0.3) is 20.7 Å². The molecule has 0 bridgehead atoms. The lowest BCUT2D eigenvalue weighted by molar-refractivity contribution is -0.134. The molecule has 5 heterocycles. The van der Waals surface area contributed by atoms with Gasteiger partial charge < -0.3 is 19.9 Å². The van der Waals surface area contributed by atoms with Gasteiger partial charge in [-0.25, -0.2) is 14.4 Å². The van der Waals surface area contributed by atoms with E-state index in [2.05, 4.69) is 43.0 Å². The van der Waals surface area contributed by atoms with Gasteiger partial charge >= 0.3 is 0 Å². The number of nitrogens with one attached hydrogen (secondary N) is 1. The predicted octanol–water partition coefficient (Wildman–Crippen LogP) is 6.18. The molecule has 13 heteroatoms. The molecule has 2 fully saturated rings. The number of nitrogens with zero attached hydrogens (tertiary/aromatic N) is 7.